The number of carbonyl (C=O) groups is 4. The van der Waals surface area contributed by atoms with E-state index in [0.29, 0.717) is 0 Å². The van der Waals surface area contributed by atoms with E-state index in [2.05, 4.69) is 0 Å². The lowest BCUT2D eigenvalue weighted by atomic mass is 9.67. The predicted octanol–water partition coefficient (Wildman–Crippen LogP) is -0.159. The van der Waals surface area contributed by atoms with Crippen LogP contribution in [0.15, 0.2) is 0 Å². The first-order valence-corrected chi connectivity index (χ1v) is 7.37. The Hall–Kier alpha value is -2.20. The van der Waals surface area contributed by atoms with Crippen LogP contribution >= 0.6 is 0 Å². The van der Waals surface area contributed by atoms with Crippen LogP contribution in [0.3, 0.4) is 0 Å². The van der Waals surface area contributed by atoms with Gasteiger partial charge < -0.3 is 31.9 Å². The van der Waals surface area contributed by atoms with Crippen molar-refractivity contribution in [1.82, 2.24) is 0 Å². The molecule has 10 nitrogen and oxygen atoms in total. The number of aliphatic carboxylic acids is 4. The van der Waals surface area contributed by atoms with Gasteiger partial charge >= 0.3 is 23.9 Å². The van der Waals surface area contributed by atoms with E-state index in [1.54, 1.807) is 0 Å². The van der Waals surface area contributed by atoms with Gasteiger partial charge in [0.1, 0.15) is 0 Å². The van der Waals surface area contributed by atoms with E-state index in [0.717, 1.165) is 0 Å². The molecule has 0 unspecified atom stereocenters. The van der Waals surface area contributed by atoms with Gasteiger partial charge in [-0.25, -0.2) is 0 Å². The molecule has 0 radical (unpaired) electrons. The fraction of sp³-hybridized carbons (Fsp3) is 0.714. The van der Waals surface area contributed by atoms with Gasteiger partial charge in [-0.3, -0.25) is 19.2 Å². The molecule has 0 spiro atoms. The van der Waals surface area contributed by atoms with Gasteiger partial charge in [0, 0.05) is 36.8 Å². The van der Waals surface area contributed by atoms with Gasteiger partial charge in [0.05, 0.1) is 0 Å². The third-order valence-electron chi connectivity index (χ3n) is 4.13. The van der Waals surface area contributed by atoms with Crippen molar-refractivity contribution in [1.29, 1.82) is 0 Å². The average Bonchev–Trinajstić information content (AvgIpc) is 2.46. The van der Waals surface area contributed by atoms with Crippen molar-refractivity contribution >= 4 is 23.9 Å². The Morgan fingerprint density at radius 3 is 0.833 bits per heavy atom. The SMILES string of the molecule is NC(CCC(=O)O)(CCC(=O)O)C(N)(CCC(=O)O)CCC(=O)O. The van der Waals surface area contributed by atoms with E-state index in [-0.39, 0.29) is 25.7 Å². The summed E-state index contributed by atoms with van der Waals surface area (Å²) in [4.78, 5) is 43.4. The van der Waals surface area contributed by atoms with Crippen LogP contribution in [0.5, 0.6) is 0 Å². The highest BCUT2D eigenvalue weighted by Gasteiger charge is 2.46. The second-order valence-electron chi connectivity index (χ2n) is 5.89. The summed E-state index contributed by atoms with van der Waals surface area (Å²) in [5, 5.41) is 35.4. The summed E-state index contributed by atoms with van der Waals surface area (Å²) in [6.45, 7) is 0. The molecular formula is C14H24N2O8. The van der Waals surface area contributed by atoms with Gasteiger partial charge in [-0.2, -0.15) is 0 Å². The zero-order chi connectivity index (χ0) is 19.0. The van der Waals surface area contributed by atoms with Crippen molar-refractivity contribution in [2.75, 3.05) is 0 Å². The van der Waals surface area contributed by atoms with Crippen molar-refractivity contribution in [3.63, 3.8) is 0 Å². The van der Waals surface area contributed by atoms with Crippen LogP contribution < -0.4 is 11.5 Å². The molecule has 0 heterocycles. The highest BCUT2D eigenvalue weighted by molar-refractivity contribution is 5.69. The van der Waals surface area contributed by atoms with Crippen molar-refractivity contribution < 1.29 is 39.6 Å². The lowest BCUT2D eigenvalue weighted by Crippen LogP contribution is -2.66. The third-order valence-corrected chi connectivity index (χ3v) is 4.13. The maximum atomic E-state index is 10.8. The van der Waals surface area contributed by atoms with Gasteiger partial charge in [0.25, 0.3) is 0 Å². The maximum absolute atomic E-state index is 10.8. The van der Waals surface area contributed by atoms with E-state index in [9.17, 15) is 19.2 Å². The molecule has 0 aromatic heterocycles. The Kier molecular flexibility index (Phi) is 8.34. The van der Waals surface area contributed by atoms with E-state index in [1.807, 2.05) is 0 Å². The molecule has 0 amide bonds. The van der Waals surface area contributed by atoms with Crippen LogP contribution in [-0.2, 0) is 19.2 Å². The Morgan fingerprint density at radius 1 is 0.542 bits per heavy atom. The molecule has 0 saturated heterocycles. The summed E-state index contributed by atoms with van der Waals surface area (Å²) in [7, 11) is 0. The minimum Gasteiger partial charge on any atom is -0.481 e. The first-order valence-electron chi connectivity index (χ1n) is 7.37. The summed E-state index contributed by atoms with van der Waals surface area (Å²) >= 11 is 0. The van der Waals surface area contributed by atoms with E-state index < -0.39 is 60.6 Å². The summed E-state index contributed by atoms with van der Waals surface area (Å²) in [6.07, 6.45) is -2.33. The quantitative estimate of drug-likeness (QED) is 0.259. The topological polar surface area (TPSA) is 201 Å². The van der Waals surface area contributed by atoms with Gasteiger partial charge in [-0.1, -0.05) is 0 Å². The lowest BCUT2D eigenvalue weighted by Gasteiger charge is -2.46. The van der Waals surface area contributed by atoms with E-state index >= 15 is 0 Å². The second kappa shape index (κ2) is 9.18. The zero-order valence-electron chi connectivity index (χ0n) is 13.2. The van der Waals surface area contributed by atoms with Crippen molar-refractivity contribution in [2.24, 2.45) is 11.5 Å². The second-order valence-corrected chi connectivity index (χ2v) is 5.89. The number of rotatable bonds is 13. The number of nitrogens with two attached hydrogens (primary N) is 2. The van der Waals surface area contributed by atoms with Crippen molar-refractivity contribution in [3.8, 4) is 0 Å². The summed E-state index contributed by atoms with van der Waals surface area (Å²) in [5.74, 6) is -4.67. The first-order chi connectivity index (χ1) is 10.9. The molecule has 0 fully saturated rings. The third kappa shape index (κ3) is 7.38. The Labute approximate surface area is 138 Å². The Morgan fingerprint density at radius 2 is 0.708 bits per heavy atom. The highest BCUT2D eigenvalue weighted by atomic mass is 16.4. The fourth-order valence-corrected chi connectivity index (χ4v) is 2.57. The molecule has 24 heavy (non-hydrogen) atoms. The molecule has 0 rings (SSSR count). The van der Waals surface area contributed by atoms with Crippen LogP contribution in [0.4, 0.5) is 0 Å². The molecule has 0 aromatic carbocycles. The predicted molar refractivity (Wildman–Crippen MR) is 81.3 cm³/mol. The van der Waals surface area contributed by atoms with Crippen LogP contribution in [0.25, 0.3) is 0 Å². The monoisotopic (exact) mass is 348 g/mol. The molecule has 0 aromatic rings. The highest BCUT2D eigenvalue weighted by Crippen LogP contribution is 2.35. The van der Waals surface area contributed by atoms with Crippen LogP contribution in [0.1, 0.15) is 51.4 Å². The van der Waals surface area contributed by atoms with Crippen molar-refractivity contribution in [3.05, 3.63) is 0 Å². The molecular weight excluding hydrogens is 324 g/mol. The summed E-state index contributed by atoms with van der Waals surface area (Å²) in [6, 6.07) is 0. The minimum atomic E-state index is -1.52. The largest absolute Gasteiger partial charge is 0.481 e. The van der Waals surface area contributed by atoms with E-state index in [4.69, 9.17) is 31.9 Å². The number of carboxylic acids is 4. The molecule has 10 heteroatoms. The van der Waals surface area contributed by atoms with Crippen LogP contribution in [-0.4, -0.2) is 55.4 Å². The molecule has 8 N–H and O–H groups in total. The number of hydrogen-bond acceptors (Lipinski definition) is 6. The number of carboxylic acid groups (broad SMARTS) is 4. The van der Waals surface area contributed by atoms with E-state index in [1.165, 1.54) is 0 Å². The van der Waals surface area contributed by atoms with Gasteiger partial charge in [0.15, 0.2) is 0 Å². The number of hydrogen-bond donors (Lipinski definition) is 6. The molecule has 138 valence electrons. The first kappa shape index (κ1) is 21.8. The van der Waals surface area contributed by atoms with Gasteiger partial charge in [-0.15, -0.1) is 0 Å². The molecule has 0 aliphatic carbocycles. The molecule has 0 saturated carbocycles. The Balaban J connectivity index is 5.53. The fourth-order valence-electron chi connectivity index (χ4n) is 2.57. The van der Waals surface area contributed by atoms with Crippen LogP contribution in [0, 0.1) is 0 Å². The van der Waals surface area contributed by atoms with Gasteiger partial charge in [0.2, 0.25) is 0 Å². The smallest absolute Gasteiger partial charge is 0.303 e. The standard InChI is InChI=1S/C14H24N2O8/c15-13(5-1-9(17)18,6-2-10(19)20)14(16,7-3-11(21)22)8-4-12(23)24/h1-8,15-16H2,(H,17,18)(H,19,20)(H,21,22)(H,23,24). The zero-order valence-corrected chi connectivity index (χ0v) is 13.2. The van der Waals surface area contributed by atoms with Crippen LogP contribution in [0.2, 0.25) is 0 Å². The molecule has 0 bridgehead atoms. The summed E-state index contributed by atoms with van der Waals surface area (Å²) in [5.41, 5.74) is 9.38. The molecule has 0 aliphatic heterocycles. The maximum Gasteiger partial charge on any atom is 0.303 e. The minimum absolute atomic E-state index is 0.189. The molecule has 0 atom stereocenters. The van der Waals surface area contributed by atoms with Crippen molar-refractivity contribution in [2.45, 2.75) is 62.4 Å². The molecule has 0 aliphatic rings. The summed E-state index contributed by atoms with van der Waals surface area (Å²) < 4.78 is 0. The normalized spacial score (nSPS) is 11.9. The Bertz CT molecular complexity index is 411. The lowest BCUT2D eigenvalue weighted by molar-refractivity contribution is -0.141. The average molecular weight is 348 g/mol. The van der Waals surface area contributed by atoms with Gasteiger partial charge in [-0.05, 0) is 25.7 Å².